The number of para-hydroxylation sites is 1. The van der Waals surface area contributed by atoms with E-state index in [9.17, 15) is 9.59 Å². The standard InChI is InChI=1S/C22H27N3O3/c1-4-25-18(12-16(23-25)11-15(2)3)21(27)24-10-9-22(14-24)13-19(26)17-7-5-6-8-20(17)28-22/h5-8,12,15H,4,9-11,13-14H2,1-3H3. The van der Waals surface area contributed by atoms with Gasteiger partial charge in [-0.05, 0) is 37.5 Å². The second kappa shape index (κ2) is 7.08. The second-order valence-corrected chi connectivity index (χ2v) is 8.29. The molecule has 1 amide bonds. The predicted octanol–water partition coefficient (Wildman–Crippen LogP) is 3.35. The lowest BCUT2D eigenvalue weighted by Crippen LogP contribution is -2.45. The summed E-state index contributed by atoms with van der Waals surface area (Å²) < 4.78 is 8.03. The molecule has 1 spiro atoms. The summed E-state index contributed by atoms with van der Waals surface area (Å²) in [6.07, 6.45) is 1.84. The van der Waals surface area contributed by atoms with Crippen molar-refractivity contribution in [3.05, 3.63) is 47.3 Å². The molecule has 1 atom stereocenters. The number of ether oxygens (including phenoxy) is 1. The number of ketones is 1. The largest absolute Gasteiger partial charge is 0.484 e. The molecule has 1 aromatic heterocycles. The topological polar surface area (TPSA) is 64.4 Å². The summed E-state index contributed by atoms with van der Waals surface area (Å²) in [7, 11) is 0. The molecule has 0 bridgehead atoms. The van der Waals surface area contributed by atoms with E-state index in [0.29, 0.717) is 55.4 Å². The Kier molecular flexibility index (Phi) is 4.73. The number of aryl methyl sites for hydroxylation is 1. The van der Waals surface area contributed by atoms with Crippen molar-refractivity contribution < 1.29 is 14.3 Å². The fourth-order valence-corrected chi connectivity index (χ4v) is 4.25. The smallest absolute Gasteiger partial charge is 0.272 e. The van der Waals surface area contributed by atoms with Gasteiger partial charge in [0.1, 0.15) is 17.0 Å². The van der Waals surface area contributed by atoms with Gasteiger partial charge in [-0.1, -0.05) is 26.0 Å². The quantitative estimate of drug-likeness (QED) is 0.815. The molecule has 0 saturated carbocycles. The highest BCUT2D eigenvalue weighted by molar-refractivity contribution is 6.00. The van der Waals surface area contributed by atoms with E-state index in [2.05, 4.69) is 18.9 Å². The van der Waals surface area contributed by atoms with Crippen molar-refractivity contribution in [3.63, 3.8) is 0 Å². The maximum absolute atomic E-state index is 13.2. The van der Waals surface area contributed by atoms with Gasteiger partial charge in [0.15, 0.2) is 5.78 Å². The number of amides is 1. The molecule has 0 aliphatic carbocycles. The lowest BCUT2D eigenvalue weighted by atomic mass is 9.89. The van der Waals surface area contributed by atoms with Crippen LogP contribution in [-0.2, 0) is 13.0 Å². The number of hydrogen-bond donors (Lipinski definition) is 0. The van der Waals surface area contributed by atoms with Gasteiger partial charge in [0, 0.05) is 19.5 Å². The van der Waals surface area contributed by atoms with Gasteiger partial charge in [-0.15, -0.1) is 0 Å². The zero-order valence-electron chi connectivity index (χ0n) is 16.8. The number of carbonyl (C=O) groups is 2. The summed E-state index contributed by atoms with van der Waals surface area (Å²) in [6, 6.07) is 9.28. The predicted molar refractivity (Wildman–Crippen MR) is 106 cm³/mol. The van der Waals surface area contributed by atoms with Crippen molar-refractivity contribution >= 4 is 11.7 Å². The van der Waals surface area contributed by atoms with E-state index in [1.54, 1.807) is 10.7 Å². The number of fused-ring (bicyclic) bond motifs is 1. The average molecular weight is 381 g/mol. The third kappa shape index (κ3) is 3.32. The molecule has 1 saturated heterocycles. The van der Waals surface area contributed by atoms with Crippen molar-refractivity contribution in [1.29, 1.82) is 0 Å². The summed E-state index contributed by atoms with van der Waals surface area (Å²) in [5, 5.41) is 4.59. The highest BCUT2D eigenvalue weighted by Gasteiger charge is 2.47. The zero-order valence-corrected chi connectivity index (χ0v) is 16.8. The summed E-state index contributed by atoms with van der Waals surface area (Å²) in [6.45, 7) is 7.95. The van der Waals surface area contributed by atoms with Crippen LogP contribution in [0.2, 0.25) is 0 Å². The molecule has 6 heteroatoms. The Morgan fingerprint density at radius 1 is 1.32 bits per heavy atom. The second-order valence-electron chi connectivity index (χ2n) is 8.29. The normalized spacial score (nSPS) is 21.3. The minimum absolute atomic E-state index is 0.0314. The van der Waals surface area contributed by atoms with E-state index in [-0.39, 0.29) is 11.7 Å². The molecule has 4 rings (SSSR count). The number of nitrogens with zero attached hydrogens (tertiary/aromatic N) is 3. The summed E-state index contributed by atoms with van der Waals surface area (Å²) in [5.74, 6) is 1.18. The van der Waals surface area contributed by atoms with Gasteiger partial charge < -0.3 is 9.64 Å². The van der Waals surface area contributed by atoms with Gasteiger partial charge in [-0.2, -0.15) is 5.10 Å². The average Bonchev–Trinajstić information content (AvgIpc) is 3.25. The Labute approximate surface area is 165 Å². The first-order valence-electron chi connectivity index (χ1n) is 10.1. The Morgan fingerprint density at radius 3 is 2.86 bits per heavy atom. The van der Waals surface area contributed by atoms with Crippen molar-refractivity contribution in [2.75, 3.05) is 13.1 Å². The van der Waals surface area contributed by atoms with Crippen LogP contribution in [-0.4, -0.2) is 45.1 Å². The van der Waals surface area contributed by atoms with Crippen LogP contribution in [0, 0.1) is 5.92 Å². The van der Waals surface area contributed by atoms with Crippen LogP contribution in [0.5, 0.6) is 5.75 Å². The van der Waals surface area contributed by atoms with Crippen LogP contribution in [0.25, 0.3) is 0 Å². The number of rotatable bonds is 4. The molecule has 0 N–H and O–H groups in total. The molecule has 28 heavy (non-hydrogen) atoms. The first-order valence-corrected chi connectivity index (χ1v) is 10.1. The molecule has 2 aromatic rings. The van der Waals surface area contributed by atoms with Gasteiger partial charge in [0.25, 0.3) is 5.91 Å². The highest BCUT2D eigenvalue weighted by atomic mass is 16.5. The maximum Gasteiger partial charge on any atom is 0.272 e. The molecule has 1 fully saturated rings. The van der Waals surface area contributed by atoms with Gasteiger partial charge in [0.2, 0.25) is 0 Å². The van der Waals surface area contributed by atoms with Gasteiger partial charge in [0.05, 0.1) is 24.2 Å². The lowest BCUT2D eigenvalue weighted by molar-refractivity contribution is 0.0425. The Bertz CT molecular complexity index is 918. The van der Waals surface area contributed by atoms with Crippen molar-refractivity contribution in [2.24, 2.45) is 5.92 Å². The maximum atomic E-state index is 13.2. The molecule has 3 heterocycles. The van der Waals surface area contributed by atoms with Crippen LogP contribution >= 0.6 is 0 Å². The molecular weight excluding hydrogens is 354 g/mol. The summed E-state index contributed by atoms with van der Waals surface area (Å²) in [5.41, 5.74) is 1.60. The number of likely N-dealkylation sites (tertiary alicyclic amines) is 1. The van der Waals surface area contributed by atoms with Crippen LogP contribution < -0.4 is 4.74 Å². The molecule has 2 aliphatic rings. The van der Waals surface area contributed by atoms with Crippen molar-refractivity contribution in [2.45, 2.75) is 52.2 Å². The zero-order chi connectivity index (χ0) is 19.9. The minimum Gasteiger partial charge on any atom is -0.484 e. The SMILES string of the molecule is CCn1nc(CC(C)C)cc1C(=O)N1CCC2(CC(=O)c3ccccc3O2)C1. The molecule has 6 nitrogen and oxygen atoms in total. The van der Waals surface area contributed by atoms with Crippen LogP contribution in [0.1, 0.15) is 60.2 Å². The van der Waals surface area contributed by atoms with E-state index in [1.807, 2.05) is 36.1 Å². The van der Waals surface area contributed by atoms with Gasteiger partial charge >= 0.3 is 0 Å². The third-order valence-electron chi connectivity index (χ3n) is 5.57. The fraction of sp³-hybridized carbons (Fsp3) is 0.500. The fourth-order valence-electron chi connectivity index (χ4n) is 4.25. The van der Waals surface area contributed by atoms with E-state index in [0.717, 1.165) is 12.1 Å². The summed E-state index contributed by atoms with van der Waals surface area (Å²) in [4.78, 5) is 27.6. The molecular formula is C22H27N3O3. The van der Waals surface area contributed by atoms with Crippen LogP contribution in [0.4, 0.5) is 0 Å². The Balaban J connectivity index is 1.54. The third-order valence-corrected chi connectivity index (χ3v) is 5.57. The molecule has 0 radical (unpaired) electrons. The van der Waals surface area contributed by atoms with E-state index in [1.165, 1.54) is 0 Å². The first-order chi connectivity index (χ1) is 13.4. The van der Waals surface area contributed by atoms with Crippen LogP contribution in [0.3, 0.4) is 0 Å². The van der Waals surface area contributed by atoms with Crippen LogP contribution in [0.15, 0.2) is 30.3 Å². The molecule has 2 aliphatic heterocycles. The molecule has 1 aromatic carbocycles. The highest BCUT2D eigenvalue weighted by Crippen LogP contribution is 2.39. The molecule has 1 unspecified atom stereocenters. The first kappa shape index (κ1) is 18.7. The lowest BCUT2D eigenvalue weighted by Gasteiger charge is -2.34. The monoisotopic (exact) mass is 381 g/mol. The van der Waals surface area contributed by atoms with E-state index >= 15 is 0 Å². The Morgan fingerprint density at radius 2 is 2.11 bits per heavy atom. The number of carbonyl (C=O) groups excluding carboxylic acids is 2. The summed E-state index contributed by atoms with van der Waals surface area (Å²) >= 11 is 0. The van der Waals surface area contributed by atoms with Crippen molar-refractivity contribution in [3.8, 4) is 5.75 Å². The number of aromatic nitrogens is 2. The minimum atomic E-state index is -0.612. The number of hydrogen-bond acceptors (Lipinski definition) is 4. The number of Topliss-reactive ketones (excluding diaryl/α,β-unsaturated/α-hetero) is 1. The van der Waals surface area contributed by atoms with Gasteiger partial charge in [-0.25, -0.2) is 0 Å². The molecule has 148 valence electrons. The Hall–Kier alpha value is -2.63. The van der Waals surface area contributed by atoms with E-state index < -0.39 is 5.60 Å². The number of benzene rings is 1. The van der Waals surface area contributed by atoms with Crippen molar-refractivity contribution in [1.82, 2.24) is 14.7 Å². The van der Waals surface area contributed by atoms with E-state index in [4.69, 9.17) is 4.74 Å². The van der Waals surface area contributed by atoms with Gasteiger partial charge in [-0.3, -0.25) is 14.3 Å².